The number of rotatable bonds is 3. The van der Waals surface area contributed by atoms with Gasteiger partial charge in [-0.2, -0.15) is 0 Å². The van der Waals surface area contributed by atoms with E-state index in [-0.39, 0.29) is 5.96 Å². The Kier molecular flexibility index (Phi) is 4.02. The van der Waals surface area contributed by atoms with Crippen LogP contribution < -0.4 is 5.73 Å². The van der Waals surface area contributed by atoms with E-state index in [9.17, 15) is 0 Å². The van der Waals surface area contributed by atoms with Crippen LogP contribution in [0.15, 0.2) is 0 Å². The minimum atomic E-state index is 0.185. The van der Waals surface area contributed by atoms with Crippen molar-refractivity contribution in [1.29, 1.82) is 5.41 Å². The van der Waals surface area contributed by atoms with E-state index in [1.807, 2.05) is 11.8 Å². The third-order valence-electron chi connectivity index (χ3n) is 2.45. The van der Waals surface area contributed by atoms with Gasteiger partial charge in [0.2, 0.25) is 0 Å². The van der Waals surface area contributed by atoms with Gasteiger partial charge in [-0.05, 0) is 26.2 Å². The molecule has 0 aromatic heterocycles. The molecule has 1 atom stereocenters. The highest BCUT2D eigenvalue weighted by atomic mass is 16.5. The molecule has 0 unspecified atom stereocenters. The number of nitrogens with zero attached hydrogens (tertiary/aromatic N) is 1. The maximum Gasteiger partial charge on any atom is 0.188 e. The molecule has 4 heteroatoms. The third-order valence-corrected chi connectivity index (χ3v) is 2.45. The van der Waals surface area contributed by atoms with Crippen LogP contribution in [0, 0.1) is 5.41 Å². The molecule has 0 saturated carbocycles. The van der Waals surface area contributed by atoms with Gasteiger partial charge in [0.05, 0.1) is 12.6 Å². The molecule has 0 radical (unpaired) electrons. The molecule has 3 N–H and O–H groups in total. The molecule has 0 spiro atoms. The van der Waals surface area contributed by atoms with Gasteiger partial charge in [-0.1, -0.05) is 0 Å². The summed E-state index contributed by atoms with van der Waals surface area (Å²) in [6.07, 6.45) is 3.46. The van der Waals surface area contributed by atoms with E-state index in [0.29, 0.717) is 12.6 Å². The highest BCUT2D eigenvalue weighted by Crippen LogP contribution is 2.16. The molecular formula is C9H19N3O. The van der Waals surface area contributed by atoms with Crippen molar-refractivity contribution in [3.63, 3.8) is 0 Å². The lowest BCUT2D eigenvalue weighted by atomic mass is 10.0. The summed E-state index contributed by atoms with van der Waals surface area (Å²) in [7, 11) is 0. The highest BCUT2D eigenvalue weighted by Gasteiger charge is 2.22. The Balaban J connectivity index is 2.41. The Labute approximate surface area is 79.6 Å². The van der Waals surface area contributed by atoms with E-state index in [1.54, 1.807) is 0 Å². The van der Waals surface area contributed by atoms with Crippen molar-refractivity contribution in [2.75, 3.05) is 19.8 Å². The number of ether oxygens (including phenoxy) is 1. The zero-order valence-corrected chi connectivity index (χ0v) is 8.25. The second-order valence-electron chi connectivity index (χ2n) is 3.39. The van der Waals surface area contributed by atoms with Gasteiger partial charge in [0.1, 0.15) is 0 Å². The summed E-state index contributed by atoms with van der Waals surface area (Å²) in [6.45, 7) is 4.34. The van der Waals surface area contributed by atoms with Gasteiger partial charge < -0.3 is 15.4 Å². The number of piperidine rings is 1. The highest BCUT2D eigenvalue weighted by molar-refractivity contribution is 5.75. The minimum Gasteiger partial charge on any atom is -0.380 e. The topological polar surface area (TPSA) is 62.3 Å². The summed E-state index contributed by atoms with van der Waals surface area (Å²) in [5, 5.41) is 7.40. The summed E-state index contributed by atoms with van der Waals surface area (Å²) < 4.78 is 5.36. The smallest absolute Gasteiger partial charge is 0.188 e. The summed E-state index contributed by atoms with van der Waals surface area (Å²) in [4.78, 5) is 1.94. The van der Waals surface area contributed by atoms with Crippen LogP contribution in [0.4, 0.5) is 0 Å². The van der Waals surface area contributed by atoms with E-state index >= 15 is 0 Å². The predicted molar refractivity (Wildman–Crippen MR) is 52.8 cm³/mol. The monoisotopic (exact) mass is 185 g/mol. The lowest BCUT2D eigenvalue weighted by molar-refractivity contribution is 0.0770. The molecule has 0 bridgehead atoms. The van der Waals surface area contributed by atoms with Crippen LogP contribution in [0.3, 0.4) is 0 Å². The third kappa shape index (κ3) is 2.88. The molecule has 76 valence electrons. The van der Waals surface area contributed by atoms with Gasteiger partial charge in [0, 0.05) is 13.2 Å². The van der Waals surface area contributed by atoms with E-state index in [4.69, 9.17) is 15.9 Å². The lowest BCUT2D eigenvalue weighted by Crippen LogP contribution is -2.48. The minimum absolute atomic E-state index is 0.185. The molecule has 1 aliphatic rings. The average molecular weight is 185 g/mol. The fourth-order valence-electron chi connectivity index (χ4n) is 1.74. The van der Waals surface area contributed by atoms with Crippen molar-refractivity contribution >= 4 is 5.96 Å². The molecule has 0 amide bonds. The average Bonchev–Trinajstić information content (AvgIpc) is 2.15. The molecule has 1 saturated heterocycles. The summed E-state index contributed by atoms with van der Waals surface area (Å²) in [6, 6.07) is 0.325. The Morgan fingerprint density at radius 2 is 2.38 bits per heavy atom. The number of hydrogen-bond donors (Lipinski definition) is 2. The van der Waals surface area contributed by atoms with Crippen LogP contribution in [0.1, 0.15) is 26.2 Å². The van der Waals surface area contributed by atoms with Crippen molar-refractivity contribution in [3.8, 4) is 0 Å². The molecular weight excluding hydrogens is 166 g/mol. The maximum atomic E-state index is 7.40. The summed E-state index contributed by atoms with van der Waals surface area (Å²) in [5.74, 6) is 0.185. The van der Waals surface area contributed by atoms with Crippen molar-refractivity contribution in [2.24, 2.45) is 5.73 Å². The lowest BCUT2D eigenvalue weighted by Gasteiger charge is -2.35. The zero-order chi connectivity index (χ0) is 9.68. The van der Waals surface area contributed by atoms with Crippen molar-refractivity contribution in [1.82, 2.24) is 4.90 Å². The summed E-state index contributed by atoms with van der Waals surface area (Å²) in [5.41, 5.74) is 5.48. The van der Waals surface area contributed by atoms with E-state index in [0.717, 1.165) is 26.0 Å². The second-order valence-corrected chi connectivity index (χ2v) is 3.39. The quantitative estimate of drug-likeness (QED) is 0.504. The Morgan fingerprint density at radius 3 is 3.00 bits per heavy atom. The van der Waals surface area contributed by atoms with E-state index in [1.165, 1.54) is 6.42 Å². The first-order valence-electron chi connectivity index (χ1n) is 4.94. The normalized spacial score (nSPS) is 23.2. The van der Waals surface area contributed by atoms with Crippen LogP contribution in [-0.2, 0) is 4.74 Å². The predicted octanol–water partition coefficient (Wildman–Crippen LogP) is 0.771. The van der Waals surface area contributed by atoms with Crippen molar-refractivity contribution in [3.05, 3.63) is 0 Å². The number of nitrogens with two attached hydrogens (primary N) is 1. The van der Waals surface area contributed by atoms with Gasteiger partial charge in [0.25, 0.3) is 0 Å². The van der Waals surface area contributed by atoms with Crippen molar-refractivity contribution < 1.29 is 4.74 Å². The SMILES string of the molecule is CCOC[C@@H]1CCCCN1C(=N)N. The van der Waals surface area contributed by atoms with Gasteiger partial charge in [-0.15, -0.1) is 0 Å². The first-order chi connectivity index (χ1) is 6.25. The van der Waals surface area contributed by atoms with Gasteiger partial charge >= 0.3 is 0 Å². The van der Waals surface area contributed by atoms with Crippen LogP contribution in [0.5, 0.6) is 0 Å². The maximum absolute atomic E-state index is 7.40. The van der Waals surface area contributed by atoms with E-state index in [2.05, 4.69) is 0 Å². The largest absolute Gasteiger partial charge is 0.380 e. The molecule has 1 aliphatic heterocycles. The Morgan fingerprint density at radius 1 is 1.62 bits per heavy atom. The molecule has 0 aromatic carbocycles. The molecule has 1 heterocycles. The molecule has 0 aromatic rings. The van der Waals surface area contributed by atoms with Crippen LogP contribution >= 0.6 is 0 Å². The Hall–Kier alpha value is -0.770. The number of hydrogen-bond acceptors (Lipinski definition) is 2. The van der Waals surface area contributed by atoms with Gasteiger partial charge in [-0.25, -0.2) is 0 Å². The molecule has 1 rings (SSSR count). The van der Waals surface area contributed by atoms with Gasteiger partial charge in [0.15, 0.2) is 5.96 Å². The van der Waals surface area contributed by atoms with Gasteiger partial charge in [-0.3, -0.25) is 5.41 Å². The first-order valence-corrected chi connectivity index (χ1v) is 4.94. The second kappa shape index (κ2) is 5.07. The number of guanidine groups is 1. The van der Waals surface area contributed by atoms with Crippen molar-refractivity contribution in [2.45, 2.75) is 32.2 Å². The zero-order valence-electron chi connectivity index (χ0n) is 8.25. The molecule has 4 nitrogen and oxygen atoms in total. The van der Waals surface area contributed by atoms with Crippen LogP contribution in [-0.4, -0.2) is 36.7 Å². The van der Waals surface area contributed by atoms with E-state index < -0.39 is 0 Å². The molecule has 13 heavy (non-hydrogen) atoms. The fraction of sp³-hybridized carbons (Fsp3) is 0.889. The molecule has 0 aliphatic carbocycles. The van der Waals surface area contributed by atoms with Crippen LogP contribution in [0.25, 0.3) is 0 Å². The summed E-state index contributed by atoms with van der Waals surface area (Å²) >= 11 is 0. The fourth-order valence-corrected chi connectivity index (χ4v) is 1.74. The molecule has 1 fully saturated rings. The standard InChI is InChI=1S/C9H19N3O/c1-2-13-7-8-5-3-4-6-12(8)9(10)11/h8H,2-7H2,1H3,(H3,10,11)/t8-/m0/s1. The Bertz CT molecular complexity index is 172. The van der Waals surface area contributed by atoms with Crippen LogP contribution in [0.2, 0.25) is 0 Å². The number of nitrogens with one attached hydrogen (secondary N) is 1. The first kappa shape index (κ1) is 10.3. The number of likely N-dealkylation sites (tertiary alicyclic amines) is 1.